The van der Waals surface area contributed by atoms with E-state index in [0.29, 0.717) is 5.92 Å². The Labute approximate surface area is 86.6 Å². The summed E-state index contributed by atoms with van der Waals surface area (Å²) in [5.74, 6) is 0.771. The zero-order chi connectivity index (χ0) is 10.4. The average molecular weight is 198 g/mol. The number of nitrogens with one attached hydrogen (secondary N) is 2. The van der Waals surface area contributed by atoms with E-state index in [1.165, 1.54) is 12.8 Å². The molecule has 1 amide bonds. The van der Waals surface area contributed by atoms with Crippen molar-refractivity contribution in [1.82, 2.24) is 10.6 Å². The third-order valence-electron chi connectivity index (χ3n) is 2.95. The minimum Gasteiger partial charge on any atom is -0.354 e. The van der Waals surface area contributed by atoms with Crippen LogP contribution in [0.5, 0.6) is 0 Å². The van der Waals surface area contributed by atoms with Crippen molar-refractivity contribution < 1.29 is 4.79 Å². The molecule has 0 aromatic heterocycles. The third kappa shape index (κ3) is 3.66. The lowest BCUT2D eigenvalue weighted by molar-refractivity contribution is -0.123. The molecule has 82 valence electrons. The maximum Gasteiger partial charge on any atom is 0.237 e. The quantitative estimate of drug-likeness (QED) is 0.714. The number of hydrogen-bond donors (Lipinski definition) is 2. The Hall–Kier alpha value is -0.570. The lowest BCUT2D eigenvalue weighted by Gasteiger charge is -2.23. The second kappa shape index (κ2) is 6.02. The normalized spacial score (nSPS) is 24.3. The molecular weight excluding hydrogens is 176 g/mol. The van der Waals surface area contributed by atoms with Crippen molar-refractivity contribution >= 4 is 5.91 Å². The maximum atomic E-state index is 11.6. The number of hydrogen-bond acceptors (Lipinski definition) is 2. The van der Waals surface area contributed by atoms with Crippen molar-refractivity contribution in [1.29, 1.82) is 0 Å². The lowest BCUT2D eigenvalue weighted by atomic mass is 10.0. The molecule has 0 radical (unpaired) electrons. The molecule has 1 unspecified atom stereocenters. The maximum absolute atomic E-state index is 11.6. The zero-order valence-corrected chi connectivity index (χ0v) is 9.31. The van der Waals surface area contributed by atoms with Gasteiger partial charge >= 0.3 is 0 Å². The molecule has 1 heterocycles. The predicted octanol–water partition coefficient (Wildman–Crippen LogP) is 1.29. The van der Waals surface area contributed by atoms with E-state index in [1.54, 1.807) is 0 Å². The first kappa shape index (κ1) is 11.5. The van der Waals surface area contributed by atoms with Crippen LogP contribution >= 0.6 is 0 Å². The second-order valence-electron chi connectivity index (χ2n) is 4.26. The zero-order valence-electron chi connectivity index (χ0n) is 9.31. The van der Waals surface area contributed by atoms with Gasteiger partial charge in [-0.2, -0.15) is 0 Å². The van der Waals surface area contributed by atoms with Gasteiger partial charge in [-0.15, -0.1) is 0 Å². The summed E-state index contributed by atoms with van der Waals surface area (Å²) in [7, 11) is 0. The number of rotatable bonds is 4. The van der Waals surface area contributed by atoms with Crippen LogP contribution in [0.25, 0.3) is 0 Å². The smallest absolute Gasteiger partial charge is 0.237 e. The van der Waals surface area contributed by atoms with Crippen molar-refractivity contribution in [2.75, 3.05) is 13.1 Å². The molecule has 0 bridgehead atoms. The molecule has 0 aromatic carbocycles. The number of carbonyl (C=O) groups is 1. The largest absolute Gasteiger partial charge is 0.354 e. The molecule has 0 saturated carbocycles. The standard InChI is InChI=1S/C11H22N2O/c1-3-9(2)8-13-11(14)10-6-4-5-7-12-10/h9-10,12H,3-8H2,1-2H3,(H,13,14)/t9?,10-/m1/s1. The Morgan fingerprint density at radius 3 is 2.93 bits per heavy atom. The molecule has 1 fully saturated rings. The summed E-state index contributed by atoms with van der Waals surface area (Å²) in [5.41, 5.74) is 0. The van der Waals surface area contributed by atoms with E-state index in [9.17, 15) is 4.79 Å². The predicted molar refractivity (Wildman–Crippen MR) is 58.1 cm³/mol. The molecule has 0 aliphatic carbocycles. The van der Waals surface area contributed by atoms with Crippen LogP contribution in [0.3, 0.4) is 0 Å². The van der Waals surface area contributed by atoms with Gasteiger partial charge in [0.2, 0.25) is 5.91 Å². The molecule has 1 rings (SSSR count). The van der Waals surface area contributed by atoms with Crippen LogP contribution in [-0.2, 0) is 4.79 Å². The van der Waals surface area contributed by atoms with E-state index in [4.69, 9.17) is 0 Å². The minimum absolute atomic E-state index is 0.0628. The summed E-state index contributed by atoms with van der Waals surface area (Å²) in [4.78, 5) is 11.6. The monoisotopic (exact) mass is 198 g/mol. The Bertz CT molecular complexity index is 176. The highest BCUT2D eigenvalue weighted by Crippen LogP contribution is 2.07. The van der Waals surface area contributed by atoms with Gasteiger partial charge in [0.25, 0.3) is 0 Å². The van der Waals surface area contributed by atoms with Gasteiger partial charge in [-0.25, -0.2) is 0 Å². The molecule has 1 aliphatic heterocycles. The Morgan fingerprint density at radius 1 is 1.57 bits per heavy atom. The van der Waals surface area contributed by atoms with Crippen molar-refractivity contribution in [3.05, 3.63) is 0 Å². The van der Waals surface area contributed by atoms with E-state index in [2.05, 4.69) is 24.5 Å². The van der Waals surface area contributed by atoms with Gasteiger partial charge in [0.15, 0.2) is 0 Å². The average Bonchev–Trinajstić information content (AvgIpc) is 2.26. The highest BCUT2D eigenvalue weighted by molar-refractivity contribution is 5.81. The van der Waals surface area contributed by atoms with Gasteiger partial charge in [-0.05, 0) is 25.3 Å². The summed E-state index contributed by atoms with van der Waals surface area (Å²) in [6.07, 6.45) is 4.49. The summed E-state index contributed by atoms with van der Waals surface area (Å²) in [6, 6.07) is 0.0628. The first-order chi connectivity index (χ1) is 6.74. The SMILES string of the molecule is CCC(C)CNC(=O)[C@H]1CCCCN1. The first-order valence-corrected chi connectivity index (χ1v) is 5.75. The van der Waals surface area contributed by atoms with Gasteiger partial charge in [0.05, 0.1) is 6.04 Å². The van der Waals surface area contributed by atoms with Crippen LogP contribution in [0.4, 0.5) is 0 Å². The molecule has 3 heteroatoms. The minimum atomic E-state index is 0.0628. The van der Waals surface area contributed by atoms with E-state index < -0.39 is 0 Å². The van der Waals surface area contributed by atoms with Crippen molar-refractivity contribution in [3.63, 3.8) is 0 Å². The second-order valence-corrected chi connectivity index (χ2v) is 4.26. The van der Waals surface area contributed by atoms with E-state index in [0.717, 1.165) is 25.9 Å². The molecule has 1 saturated heterocycles. The fourth-order valence-corrected chi connectivity index (χ4v) is 1.62. The summed E-state index contributed by atoms with van der Waals surface area (Å²) < 4.78 is 0. The van der Waals surface area contributed by atoms with Crippen LogP contribution < -0.4 is 10.6 Å². The van der Waals surface area contributed by atoms with Gasteiger partial charge in [-0.1, -0.05) is 26.7 Å². The lowest BCUT2D eigenvalue weighted by Crippen LogP contribution is -2.47. The molecule has 3 nitrogen and oxygen atoms in total. The summed E-state index contributed by atoms with van der Waals surface area (Å²) in [6.45, 7) is 6.11. The number of piperidine rings is 1. The Morgan fingerprint density at radius 2 is 2.36 bits per heavy atom. The molecule has 2 N–H and O–H groups in total. The fourth-order valence-electron chi connectivity index (χ4n) is 1.62. The molecule has 0 spiro atoms. The van der Waals surface area contributed by atoms with Crippen LogP contribution in [0.1, 0.15) is 39.5 Å². The highest BCUT2D eigenvalue weighted by Gasteiger charge is 2.19. The van der Waals surface area contributed by atoms with Gasteiger partial charge in [0.1, 0.15) is 0 Å². The molecule has 1 aliphatic rings. The summed E-state index contributed by atoms with van der Waals surface area (Å²) >= 11 is 0. The Kier molecular flexibility index (Phi) is 4.94. The van der Waals surface area contributed by atoms with Gasteiger partial charge < -0.3 is 10.6 Å². The van der Waals surface area contributed by atoms with Gasteiger partial charge in [-0.3, -0.25) is 4.79 Å². The van der Waals surface area contributed by atoms with Crippen molar-refractivity contribution in [2.24, 2.45) is 5.92 Å². The molecule has 0 aromatic rings. The number of carbonyl (C=O) groups excluding carboxylic acids is 1. The van der Waals surface area contributed by atoms with E-state index >= 15 is 0 Å². The number of amides is 1. The van der Waals surface area contributed by atoms with Crippen LogP contribution in [0.2, 0.25) is 0 Å². The highest BCUT2D eigenvalue weighted by atomic mass is 16.2. The van der Waals surface area contributed by atoms with Crippen molar-refractivity contribution in [3.8, 4) is 0 Å². The molecule has 2 atom stereocenters. The van der Waals surface area contributed by atoms with Crippen molar-refractivity contribution in [2.45, 2.75) is 45.6 Å². The van der Waals surface area contributed by atoms with Crippen LogP contribution in [0, 0.1) is 5.92 Å². The van der Waals surface area contributed by atoms with Crippen LogP contribution in [0.15, 0.2) is 0 Å². The third-order valence-corrected chi connectivity index (χ3v) is 2.95. The first-order valence-electron chi connectivity index (χ1n) is 5.75. The van der Waals surface area contributed by atoms with Crippen LogP contribution in [-0.4, -0.2) is 25.0 Å². The fraction of sp³-hybridized carbons (Fsp3) is 0.909. The van der Waals surface area contributed by atoms with E-state index in [1.807, 2.05) is 0 Å². The molecule has 14 heavy (non-hydrogen) atoms. The van der Waals surface area contributed by atoms with Gasteiger partial charge in [0, 0.05) is 6.54 Å². The Balaban J connectivity index is 2.19. The van der Waals surface area contributed by atoms with E-state index in [-0.39, 0.29) is 11.9 Å². The summed E-state index contributed by atoms with van der Waals surface area (Å²) in [5, 5.41) is 6.25. The topological polar surface area (TPSA) is 41.1 Å². The molecular formula is C11H22N2O.